The molecule has 1 atom stereocenters. The van der Waals surface area contributed by atoms with Crippen LogP contribution in [0.25, 0.3) is 5.69 Å². The molecule has 0 bridgehead atoms. The highest BCUT2D eigenvalue weighted by molar-refractivity contribution is 5.95. The molecule has 1 fully saturated rings. The van der Waals surface area contributed by atoms with Gasteiger partial charge in [0.15, 0.2) is 11.4 Å². The van der Waals surface area contributed by atoms with E-state index in [0.717, 1.165) is 5.69 Å². The van der Waals surface area contributed by atoms with Crippen LogP contribution in [0.2, 0.25) is 0 Å². The first-order valence-corrected chi connectivity index (χ1v) is 9.75. The van der Waals surface area contributed by atoms with Gasteiger partial charge in [-0.3, -0.25) is 9.59 Å². The molecule has 1 amide bonds. The zero-order valence-electron chi connectivity index (χ0n) is 16.6. The summed E-state index contributed by atoms with van der Waals surface area (Å²) >= 11 is 0. The van der Waals surface area contributed by atoms with Crippen molar-refractivity contribution in [1.82, 2.24) is 14.7 Å². The highest BCUT2D eigenvalue weighted by Gasteiger charge is 2.32. The van der Waals surface area contributed by atoms with E-state index in [1.807, 2.05) is 24.3 Å². The number of hydrogen-bond acceptors (Lipinski definition) is 5. The summed E-state index contributed by atoms with van der Waals surface area (Å²) in [6.45, 7) is 7.14. The molecule has 28 heavy (non-hydrogen) atoms. The minimum Gasteiger partial charge on any atom is -0.504 e. The number of ether oxygens (including phenoxy) is 1. The van der Waals surface area contributed by atoms with Crippen LogP contribution in [0, 0.1) is 5.92 Å². The van der Waals surface area contributed by atoms with Gasteiger partial charge in [-0.1, -0.05) is 26.0 Å². The van der Waals surface area contributed by atoms with E-state index in [9.17, 15) is 14.7 Å². The van der Waals surface area contributed by atoms with Gasteiger partial charge in [-0.15, -0.1) is 0 Å². The van der Waals surface area contributed by atoms with E-state index in [1.165, 1.54) is 16.4 Å². The van der Waals surface area contributed by atoms with E-state index in [0.29, 0.717) is 31.9 Å². The van der Waals surface area contributed by atoms with Crippen LogP contribution in [-0.2, 0) is 9.53 Å². The van der Waals surface area contributed by atoms with Gasteiger partial charge in [-0.2, -0.15) is 5.10 Å². The van der Waals surface area contributed by atoms with E-state index < -0.39 is 0 Å². The summed E-state index contributed by atoms with van der Waals surface area (Å²) in [6.07, 6.45) is 2.85. The van der Waals surface area contributed by atoms with Crippen molar-refractivity contribution in [3.05, 3.63) is 41.7 Å². The summed E-state index contributed by atoms with van der Waals surface area (Å²) in [5.41, 5.74) is 1.97. The summed E-state index contributed by atoms with van der Waals surface area (Å²) in [5, 5.41) is 14.6. The number of benzene rings is 1. The maximum absolute atomic E-state index is 12.9. The molecule has 1 aromatic heterocycles. The molecular weight excluding hydrogens is 358 g/mol. The van der Waals surface area contributed by atoms with E-state index in [4.69, 9.17) is 4.74 Å². The van der Waals surface area contributed by atoms with Crippen LogP contribution in [-0.4, -0.2) is 51.4 Å². The zero-order valence-corrected chi connectivity index (χ0v) is 16.6. The number of amides is 1. The van der Waals surface area contributed by atoms with Gasteiger partial charge in [-0.25, -0.2) is 4.68 Å². The van der Waals surface area contributed by atoms with Gasteiger partial charge in [0.2, 0.25) is 0 Å². The molecule has 1 N–H and O–H groups in total. The second kappa shape index (κ2) is 8.46. The predicted molar refractivity (Wildman–Crippen MR) is 105 cm³/mol. The number of carbonyl (C=O) groups excluding carboxylic acids is 2. The Morgan fingerprint density at radius 2 is 2.00 bits per heavy atom. The molecule has 7 heteroatoms. The van der Waals surface area contributed by atoms with Crippen LogP contribution in [0.4, 0.5) is 0 Å². The van der Waals surface area contributed by atoms with Gasteiger partial charge in [0.1, 0.15) is 0 Å². The topological polar surface area (TPSA) is 84.7 Å². The van der Waals surface area contributed by atoms with Gasteiger partial charge < -0.3 is 14.7 Å². The maximum atomic E-state index is 12.9. The van der Waals surface area contributed by atoms with Crippen LogP contribution < -0.4 is 0 Å². The molecule has 0 spiro atoms. The highest BCUT2D eigenvalue weighted by Crippen LogP contribution is 2.24. The highest BCUT2D eigenvalue weighted by atomic mass is 16.5. The Morgan fingerprint density at radius 1 is 1.29 bits per heavy atom. The Labute approximate surface area is 164 Å². The van der Waals surface area contributed by atoms with Gasteiger partial charge in [0, 0.05) is 13.1 Å². The third-order valence-electron chi connectivity index (χ3n) is 5.05. The van der Waals surface area contributed by atoms with Gasteiger partial charge >= 0.3 is 5.97 Å². The lowest BCUT2D eigenvalue weighted by molar-refractivity contribution is -0.149. The molecule has 3 rings (SSSR count). The van der Waals surface area contributed by atoms with Crippen molar-refractivity contribution in [2.24, 2.45) is 5.92 Å². The van der Waals surface area contributed by atoms with Crippen molar-refractivity contribution in [3.63, 3.8) is 0 Å². The van der Waals surface area contributed by atoms with Crippen molar-refractivity contribution >= 4 is 11.9 Å². The maximum Gasteiger partial charge on any atom is 0.310 e. The Hall–Kier alpha value is -2.83. The van der Waals surface area contributed by atoms with Gasteiger partial charge in [0.25, 0.3) is 5.91 Å². The minimum absolute atomic E-state index is 0.00237. The first-order valence-electron chi connectivity index (χ1n) is 9.75. The van der Waals surface area contributed by atoms with Crippen molar-refractivity contribution in [2.75, 3.05) is 19.7 Å². The van der Waals surface area contributed by atoms with E-state index in [-0.39, 0.29) is 35.8 Å². The number of piperidine rings is 1. The zero-order chi connectivity index (χ0) is 20.3. The Bertz CT molecular complexity index is 842. The molecule has 0 radical (unpaired) electrons. The number of esters is 1. The number of likely N-dealkylation sites (tertiary alicyclic amines) is 1. The van der Waals surface area contributed by atoms with E-state index >= 15 is 0 Å². The van der Waals surface area contributed by atoms with Crippen LogP contribution in [0.15, 0.2) is 30.5 Å². The summed E-state index contributed by atoms with van der Waals surface area (Å²) in [4.78, 5) is 26.4. The number of hydrogen-bond donors (Lipinski definition) is 1. The van der Waals surface area contributed by atoms with Crippen molar-refractivity contribution in [1.29, 1.82) is 0 Å². The number of aromatic hydroxyl groups is 1. The second-order valence-corrected chi connectivity index (χ2v) is 7.40. The molecule has 0 aliphatic carbocycles. The molecule has 1 aromatic carbocycles. The molecule has 1 aliphatic heterocycles. The van der Waals surface area contributed by atoms with E-state index in [1.54, 1.807) is 11.8 Å². The van der Waals surface area contributed by atoms with Gasteiger partial charge in [0.05, 0.1) is 24.4 Å². The molecule has 2 heterocycles. The fourth-order valence-electron chi connectivity index (χ4n) is 3.43. The molecule has 1 unspecified atom stereocenters. The largest absolute Gasteiger partial charge is 0.504 e. The average molecular weight is 385 g/mol. The minimum atomic E-state index is -0.371. The summed E-state index contributed by atoms with van der Waals surface area (Å²) in [6, 6.07) is 7.84. The number of rotatable bonds is 5. The summed E-state index contributed by atoms with van der Waals surface area (Å²) in [7, 11) is 0. The Kier molecular flexibility index (Phi) is 6.02. The monoisotopic (exact) mass is 385 g/mol. The fourth-order valence-corrected chi connectivity index (χ4v) is 3.43. The summed E-state index contributed by atoms with van der Waals surface area (Å²) in [5.74, 6) is -0.727. The normalized spacial score (nSPS) is 17.0. The average Bonchev–Trinajstić information content (AvgIpc) is 3.09. The molecule has 150 valence electrons. The molecular formula is C21H27N3O4. The molecule has 0 saturated carbocycles. The third kappa shape index (κ3) is 4.18. The molecule has 1 aliphatic rings. The predicted octanol–water partition coefficient (Wildman–Crippen LogP) is 3.12. The standard InChI is InChI=1S/C21H27N3O4/c1-4-28-21(27)16-6-5-11-23(12-16)20(26)19-18(25)13-24(22-19)17-9-7-15(8-10-17)14(2)3/h7-10,13-14,16,25H,4-6,11-12H2,1-3H3. The van der Waals surface area contributed by atoms with E-state index in [2.05, 4.69) is 18.9 Å². The molecule has 2 aromatic rings. The number of nitrogens with zero attached hydrogens (tertiary/aromatic N) is 3. The number of carbonyl (C=O) groups is 2. The van der Waals surface area contributed by atoms with Gasteiger partial charge in [-0.05, 0) is 43.4 Å². The lowest BCUT2D eigenvalue weighted by atomic mass is 9.98. The molecule has 7 nitrogen and oxygen atoms in total. The second-order valence-electron chi connectivity index (χ2n) is 7.40. The third-order valence-corrected chi connectivity index (χ3v) is 5.05. The fraction of sp³-hybridized carbons (Fsp3) is 0.476. The Morgan fingerprint density at radius 3 is 2.64 bits per heavy atom. The van der Waals surface area contributed by atoms with Crippen molar-refractivity contribution < 1.29 is 19.4 Å². The smallest absolute Gasteiger partial charge is 0.310 e. The number of aromatic nitrogens is 2. The van der Waals surface area contributed by atoms with Crippen LogP contribution in [0.1, 0.15) is 55.6 Å². The lowest BCUT2D eigenvalue weighted by Crippen LogP contribution is -2.43. The first kappa shape index (κ1) is 19.9. The van der Waals surface area contributed by atoms with Crippen LogP contribution in [0.3, 0.4) is 0 Å². The van der Waals surface area contributed by atoms with Crippen molar-refractivity contribution in [3.8, 4) is 11.4 Å². The lowest BCUT2D eigenvalue weighted by Gasteiger charge is -2.31. The van der Waals surface area contributed by atoms with Crippen LogP contribution in [0.5, 0.6) is 5.75 Å². The van der Waals surface area contributed by atoms with Crippen molar-refractivity contribution in [2.45, 2.75) is 39.5 Å². The first-order chi connectivity index (χ1) is 13.4. The summed E-state index contributed by atoms with van der Waals surface area (Å²) < 4.78 is 6.58. The van der Waals surface area contributed by atoms with Crippen LogP contribution >= 0.6 is 0 Å². The SMILES string of the molecule is CCOC(=O)C1CCCN(C(=O)c2nn(-c3ccc(C(C)C)cc3)cc2O)C1. The Balaban J connectivity index is 1.76. The molecule has 1 saturated heterocycles. The quantitative estimate of drug-likeness (QED) is 0.800.